The van der Waals surface area contributed by atoms with Gasteiger partial charge < -0.3 is 10.4 Å². The van der Waals surface area contributed by atoms with Crippen molar-refractivity contribution in [2.45, 2.75) is 64.1 Å². The molecule has 5 nitrogen and oxygen atoms in total. The highest BCUT2D eigenvalue weighted by Gasteiger charge is 2.32. The molecule has 0 spiro atoms. The molecule has 0 saturated heterocycles. The van der Waals surface area contributed by atoms with E-state index in [2.05, 4.69) is 29.2 Å². The van der Waals surface area contributed by atoms with E-state index in [4.69, 9.17) is 0 Å². The molecule has 0 aromatic carbocycles. The maximum Gasteiger partial charge on any atom is 0.147 e. The predicted molar refractivity (Wildman–Crippen MR) is 70.4 cm³/mol. The summed E-state index contributed by atoms with van der Waals surface area (Å²) in [4.78, 5) is 4.51. The van der Waals surface area contributed by atoms with Crippen LogP contribution in [0.4, 0.5) is 0 Å². The SMILES string of the molecule is Cc1nc([C@H]2CC[C@@H](O)[C@H](NC(C)C)C2)n(C)n1. The first-order valence-electron chi connectivity index (χ1n) is 6.79. The van der Waals surface area contributed by atoms with Gasteiger partial charge in [0.25, 0.3) is 0 Å². The number of nitrogens with one attached hydrogen (secondary N) is 1. The molecule has 3 atom stereocenters. The van der Waals surface area contributed by atoms with Crippen molar-refractivity contribution < 1.29 is 5.11 Å². The summed E-state index contributed by atoms with van der Waals surface area (Å²) in [5, 5.41) is 17.8. The summed E-state index contributed by atoms with van der Waals surface area (Å²) in [6, 6.07) is 0.561. The first-order valence-corrected chi connectivity index (χ1v) is 6.79. The van der Waals surface area contributed by atoms with Gasteiger partial charge in [0.05, 0.1) is 6.10 Å². The summed E-state index contributed by atoms with van der Waals surface area (Å²) in [7, 11) is 1.95. The summed E-state index contributed by atoms with van der Waals surface area (Å²) >= 11 is 0. The van der Waals surface area contributed by atoms with Crippen LogP contribution in [0, 0.1) is 6.92 Å². The minimum Gasteiger partial charge on any atom is -0.392 e. The molecule has 102 valence electrons. The average molecular weight is 252 g/mol. The molecule has 0 aliphatic heterocycles. The molecule has 1 aromatic rings. The third-order valence-electron chi connectivity index (χ3n) is 3.63. The molecule has 0 amide bonds. The van der Waals surface area contributed by atoms with E-state index in [1.165, 1.54) is 0 Å². The van der Waals surface area contributed by atoms with E-state index >= 15 is 0 Å². The lowest BCUT2D eigenvalue weighted by atomic mass is 9.83. The second kappa shape index (κ2) is 5.36. The van der Waals surface area contributed by atoms with Crippen molar-refractivity contribution in [2.75, 3.05) is 0 Å². The van der Waals surface area contributed by atoms with Crippen molar-refractivity contribution in [3.8, 4) is 0 Å². The molecule has 1 heterocycles. The Balaban J connectivity index is 2.09. The summed E-state index contributed by atoms with van der Waals surface area (Å²) in [6.45, 7) is 6.15. The van der Waals surface area contributed by atoms with Crippen LogP contribution < -0.4 is 5.32 Å². The van der Waals surface area contributed by atoms with E-state index in [-0.39, 0.29) is 12.1 Å². The number of aliphatic hydroxyl groups excluding tert-OH is 1. The summed E-state index contributed by atoms with van der Waals surface area (Å²) < 4.78 is 1.88. The van der Waals surface area contributed by atoms with Crippen LogP contribution in [0.3, 0.4) is 0 Å². The Hall–Kier alpha value is -0.940. The quantitative estimate of drug-likeness (QED) is 0.846. The van der Waals surface area contributed by atoms with Gasteiger partial charge in [-0.15, -0.1) is 0 Å². The lowest BCUT2D eigenvalue weighted by Crippen LogP contribution is -2.47. The van der Waals surface area contributed by atoms with Crippen molar-refractivity contribution in [1.82, 2.24) is 20.1 Å². The summed E-state index contributed by atoms with van der Waals surface area (Å²) in [5.41, 5.74) is 0. The van der Waals surface area contributed by atoms with E-state index in [0.29, 0.717) is 12.0 Å². The molecule has 0 radical (unpaired) electrons. The second-order valence-electron chi connectivity index (χ2n) is 5.65. The first-order chi connectivity index (χ1) is 8.47. The number of hydrogen-bond acceptors (Lipinski definition) is 4. The lowest BCUT2D eigenvalue weighted by molar-refractivity contribution is 0.0777. The van der Waals surface area contributed by atoms with Crippen LogP contribution in [0.15, 0.2) is 0 Å². The minimum atomic E-state index is -0.238. The van der Waals surface area contributed by atoms with Crippen molar-refractivity contribution in [2.24, 2.45) is 7.05 Å². The Kier molecular flexibility index (Phi) is 4.02. The third-order valence-corrected chi connectivity index (χ3v) is 3.63. The highest BCUT2D eigenvalue weighted by molar-refractivity contribution is 5.04. The molecule has 0 unspecified atom stereocenters. The molecule has 1 saturated carbocycles. The van der Waals surface area contributed by atoms with E-state index in [1.807, 2.05) is 18.7 Å². The van der Waals surface area contributed by atoms with Crippen molar-refractivity contribution in [3.63, 3.8) is 0 Å². The molecule has 18 heavy (non-hydrogen) atoms. The van der Waals surface area contributed by atoms with Gasteiger partial charge in [-0.25, -0.2) is 4.98 Å². The molecule has 1 aromatic heterocycles. The number of nitrogens with zero attached hydrogens (tertiary/aromatic N) is 3. The van der Waals surface area contributed by atoms with Gasteiger partial charge in [-0.05, 0) is 26.2 Å². The summed E-state index contributed by atoms with van der Waals surface area (Å²) in [6.07, 6.45) is 2.52. The second-order valence-corrected chi connectivity index (χ2v) is 5.65. The van der Waals surface area contributed by atoms with E-state index in [0.717, 1.165) is 30.9 Å². The fourth-order valence-corrected chi connectivity index (χ4v) is 2.88. The topological polar surface area (TPSA) is 63.0 Å². The van der Waals surface area contributed by atoms with Gasteiger partial charge >= 0.3 is 0 Å². The molecule has 1 aliphatic carbocycles. The number of aryl methyl sites for hydroxylation is 2. The van der Waals surface area contributed by atoms with Gasteiger partial charge in [0.2, 0.25) is 0 Å². The predicted octanol–water partition coefficient (Wildman–Crippen LogP) is 1.12. The molecule has 1 fully saturated rings. The van der Waals surface area contributed by atoms with Crippen LogP contribution in [0.1, 0.15) is 50.7 Å². The normalized spacial score (nSPS) is 28.9. The molecule has 5 heteroatoms. The highest BCUT2D eigenvalue weighted by Crippen LogP contribution is 2.32. The van der Waals surface area contributed by atoms with E-state index in [9.17, 15) is 5.11 Å². The molecular weight excluding hydrogens is 228 g/mol. The van der Waals surface area contributed by atoms with Crippen LogP contribution in [0.5, 0.6) is 0 Å². The Morgan fingerprint density at radius 2 is 2.11 bits per heavy atom. The number of aliphatic hydroxyl groups is 1. The van der Waals surface area contributed by atoms with Gasteiger partial charge in [-0.1, -0.05) is 13.8 Å². The van der Waals surface area contributed by atoms with Gasteiger partial charge in [0.15, 0.2) is 0 Å². The number of hydrogen-bond donors (Lipinski definition) is 2. The van der Waals surface area contributed by atoms with Crippen LogP contribution in [0.2, 0.25) is 0 Å². The highest BCUT2D eigenvalue weighted by atomic mass is 16.3. The number of rotatable bonds is 3. The van der Waals surface area contributed by atoms with Crippen LogP contribution in [0.25, 0.3) is 0 Å². The van der Waals surface area contributed by atoms with Crippen LogP contribution >= 0.6 is 0 Å². The Morgan fingerprint density at radius 1 is 1.39 bits per heavy atom. The monoisotopic (exact) mass is 252 g/mol. The van der Waals surface area contributed by atoms with Crippen LogP contribution in [-0.2, 0) is 7.05 Å². The maximum absolute atomic E-state index is 10.1. The summed E-state index contributed by atoms with van der Waals surface area (Å²) in [5.74, 6) is 2.28. The van der Waals surface area contributed by atoms with Crippen molar-refractivity contribution in [1.29, 1.82) is 0 Å². The zero-order valence-corrected chi connectivity index (χ0v) is 11.7. The zero-order chi connectivity index (χ0) is 13.3. The molecule has 2 N–H and O–H groups in total. The average Bonchev–Trinajstić information content (AvgIpc) is 2.60. The lowest BCUT2D eigenvalue weighted by Gasteiger charge is -2.34. The van der Waals surface area contributed by atoms with Gasteiger partial charge in [0, 0.05) is 25.0 Å². The van der Waals surface area contributed by atoms with E-state index in [1.54, 1.807) is 0 Å². The Bertz CT molecular complexity index is 402. The van der Waals surface area contributed by atoms with Gasteiger partial charge in [0.1, 0.15) is 11.6 Å². The fraction of sp³-hybridized carbons (Fsp3) is 0.846. The Labute approximate surface area is 109 Å². The fourth-order valence-electron chi connectivity index (χ4n) is 2.88. The van der Waals surface area contributed by atoms with Crippen molar-refractivity contribution >= 4 is 0 Å². The third kappa shape index (κ3) is 2.90. The molecule has 0 bridgehead atoms. The number of aromatic nitrogens is 3. The molecule has 2 rings (SSSR count). The smallest absolute Gasteiger partial charge is 0.147 e. The zero-order valence-electron chi connectivity index (χ0n) is 11.7. The van der Waals surface area contributed by atoms with Gasteiger partial charge in [-0.3, -0.25) is 4.68 Å². The van der Waals surface area contributed by atoms with Gasteiger partial charge in [-0.2, -0.15) is 5.10 Å². The molecule has 1 aliphatic rings. The van der Waals surface area contributed by atoms with Crippen LogP contribution in [-0.4, -0.2) is 38.1 Å². The molecular formula is C13H24N4O. The standard InChI is InChI=1S/C13H24N4O/c1-8(2)14-11-7-10(5-6-12(11)18)13-15-9(3)16-17(13)4/h8,10-12,14,18H,5-7H2,1-4H3/t10-,11+,12+/m0/s1. The Morgan fingerprint density at radius 3 is 2.67 bits per heavy atom. The minimum absolute atomic E-state index is 0.167. The maximum atomic E-state index is 10.1. The largest absolute Gasteiger partial charge is 0.392 e. The first kappa shape index (κ1) is 13.5. The van der Waals surface area contributed by atoms with E-state index < -0.39 is 0 Å². The van der Waals surface area contributed by atoms with Crippen molar-refractivity contribution in [3.05, 3.63) is 11.6 Å².